The lowest BCUT2D eigenvalue weighted by Gasteiger charge is -2.19. The van der Waals surface area contributed by atoms with Crippen LogP contribution in [0.15, 0.2) is 42.7 Å². The van der Waals surface area contributed by atoms with Gasteiger partial charge in [-0.15, -0.1) is 0 Å². The van der Waals surface area contributed by atoms with Gasteiger partial charge in [-0.05, 0) is 38.6 Å². The average molecular weight is 258 g/mol. The molecule has 0 aliphatic heterocycles. The van der Waals surface area contributed by atoms with E-state index in [4.69, 9.17) is 4.74 Å². The van der Waals surface area contributed by atoms with E-state index in [9.17, 15) is 0 Å². The molecule has 0 unspecified atom stereocenters. The Morgan fingerprint density at radius 3 is 2.47 bits per heavy atom. The van der Waals surface area contributed by atoms with Crippen molar-refractivity contribution in [2.75, 3.05) is 6.61 Å². The van der Waals surface area contributed by atoms with Gasteiger partial charge in [0.25, 0.3) is 0 Å². The van der Waals surface area contributed by atoms with Crippen molar-refractivity contribution in [3.05, 3.63) is 42.7 Å². The second-order valence-electron chi connectivity index (χ2n) is 5.98. The number of hydrogen-bond acceptors (Lipinski definition) is 1. The molecule has 0 saturated heterocycles. The van der Waals surface area contributed by atoms with Gasteiger partial charge < -0.3 is 4.74 Å². The van der Waals surface area contributed by atoms with Crippen LogP contribution in [0, 0.1) is 0 Å². The fraction of sp³-hybridized carbons (Fsp3) is 0.471. The summed E-state index contributed by atoms with van der Waals surface area (Å²) < 4.78 is 7.99. The molecule has 0 atom stereocenters. The molecular weight excluding hydrogens is 234 g/mol. The van der Waals surface area contributed by atoms with Crippen LogP contribution in [0.2, 0.25) is 0 Å². The van der Waals surface area contributed by atoms with Gasteiger partial charge in [-0.3, -0.25) is 0 Å². The molecule has 0 bridgehead atoms. The third-order valence-corrected chi connectivity index (χ3v) is 3.09. The van der Waals surface area contributed by atoms with E-state index in [0.717, 1.165) is 26.0 Å². The standard InChI is InChI=1S/C17H24NO/c1-17(2,3)19-13-7-6-11-18-12-10-15-8-4-5-9-16(15)14-18/h4-5,8-10,12,14H,6-7,11,13H2,1-3H3/q+1. The van der Waals surface area contributed by atoms with Gasteiger partial charge in [0, 0.05) is 24.5 Å². The second kappa shape index (κ2) is 6.16. The molecule has 1 heterocycles. The van der Waals surface area contributed by atoms with Crippen LogP contribution < -0.4 is 4.57 Å². The summed E-state index contributed by atoms with van der Waals surface area (Å²) in [6, 6.07) is 10.7. The first-order valence-electron chi connectivity index (χ1n) is 7.06. The SMILES string of the molecule is CC(C)(C)OCCCC[n+]1ccc2ccccc2c1. The fourth-order valence-corrected chi connectivity index (χ4v) is 2.09. The summed E-state index contributed by atoms with van der Waals surface area (Å²) in [4.78, 5) is 0. The molecule has 1 aromatic carbocycles. The molecule has 0 radical (unpaired) electrons. The first-order valence-corrected chi connectivity index (χ1v) is 7.06. The van der Waals surface area contributed by atoms with Crippen molar-refractivity contribution in [2.24, 2.45) is 0 Å². The molecule has 19 heavy (non-hydrogen) atoms. The van der Waals surface area contributed by atoms with E-state index in [1.54, 1.807) is 0 Å². The Labute approximate surface area is 116 Å². The van der Waals surface area contributed by atoms with Crippen molar-refractivity contribution in [2.45, 2.75) is 45.8 Å². The minimum atomic E-state index is -0.0178. The summed E-state index contributed by atoms with van der Waals surface area (Å²) >= 11 is 0. The predicted molar refractivity (Wildman–Crippen MR) is 79.1 cm³/mol. The number of aromatic nitrogens is 1. The van der Waals surface area contributed by atoms with Crippen LogP contribution in [0.1, 0.15) is 33.6 Å². The first-order chi connectivity index (χ1) is 9.04. The van der Waals surface area contributed by atoms with Crippen LogP contribution in [0.4, 0.5) is 0 Å². The first kappa shape index (κ1) is 14.0. The zero-order chi connectivity index (χ0) is 13.7. The quantitative estimate of drug-likeness (QED) is 0.588. The normalized spacial score (nSPS) is 11.9. The van der Waals surface area contributed by atoms with Crippen molar-refractivity contribution in [1.29, 1.82) is 0 Å². The number of ether oxygens (including phenoxy) is 1. The van der Waals surface area contributed by atoms with Gasteiger partial charge in [-0.25, -0.2) is 4.57 Å². The Morgan fingerprint density at radius 1 is 1.00 bits per heavy atom. The summed E-state index contributed by atoms with van der Waals surface area (Å²) in [6.07, 6.45) is 6.64. The van der Waals surface area contributed by atoms with Crippen molar-refractivity contribution in [3.8, 4) is 0 Å². The third-order valence-electron chi connectivity index (χ3n) is 3.09. The number of rotatable bonds is 5. The molecule has 0 amide bonds. The van der Waals surface area contributed by atoms with Crippen LogP contribution in [0.5, 0.6) is 0 Å². The van der Waals surface area contributed by atoms with Gasteiger partial charge in [0.15, 0.2) is 12.4 Å². The number of pyridine rings is 1. The molecule has 2 nitrogen and oxygen atoms in total. The van der Waals surface area contributed by atoms with Crippen LogP contribution in [0.3, 0.4) is 0 Å². The summed E-state index contributed by atoms with van der Waals surface area (Å²) in [5.74, 6) is 0. The number of hydrogen-bond donors (Lipinski definition) is 0. The number of unbranched alkanes of at least 4 members (excludes halogenated alkanes) is 1. The molecule has 0 aliphatic carbocycles. The summed E-state index contributed by atoms with van der Waals surface area (Å²) in [5, 5.41) is 2.60. The van der Waals surface area contributed by atoms with E-state index < -0.39 is 0 Å². The molecule has 2 rings (SSSR count). The summed E-state index contributed by atoms with van der Waals surface area (Å²) in [7, 11) is 0. The van der Waals surface area contributed by atoms with Gasteiger partial charge >= 0.3 is 0 Å². The maximum Gasteiger partial charge on any atom is 0.176 e. The molecule has 2 aromatic rings. The maximum absolute atomic E-state index is 5.73. The lowest BCUT2D eigenvalue weighted by atomic mass is 10.2. The van der Waals surface area contributed by atoms with Gasteiger partial charge in [0.05, 0.1) is 5.60 Å². The van der Waals surface area contributed by atoms with E-state index >= 15 is 0 Å². The average Bonchev–Trinajstić information content (AvgIpc) is 2.37. The molecule has 1 aromatic heterocycles. The van der Waals surface area contributed by atoms with Crippen molar-refractivity contribution in [3.63, 3.8) is 0 Å². The largest absolute Gasteiger partial charge is 0.376 e. The van der Waals surface area contributed by atoms with Crippen molar-refractivity contribution >= 4 is 10.8 Å². The molecule has 0 saturated carbocycles. The molecule has 102 valence electrons. The number of fused-ring (bicyclic) bond motifs is 1. The summed E-state index contributed by atoms with van der Waals surface area (Å²) in [6.45, 7) is 8.21. The third kappa shape index (κ3) is 4.64. The van der Waals surface area contributed by atoms with Crippen molar-refractivity contribution < 1.29 is 9.30 Å². The second-order valence-corrected chi connectivity index (χ2v) is 5.98. The Balaban J connectivity index is 1.82. The highest BCUT2D eigenvalue weighted by atomic mass is 16.5. The predicted octanol–water partition coefficient (Wildman–Crippen LogP) is 3.72. The number of benzene rings is 1. The Hall–Kier alpha value is -1.41. The molecule has 0 aliphatic rings. The Bertz CT molecular complexity index is 528. The van der Waals surface area contributed by atoms with Crippen LogP contribution in [0.25, 0.3) is 10.8 Å². The Morgan fingerprint density at radius 2 is 1.74 bits per heavy atom. The van der Waals surface area contributed by atoms with Gasteiger partial charge in [-0.2, -0.15) is 0 Å². The van der Waals surface area contributed by atoms with E-state index in [2.05, 4.69) is 68.1 Å². The van der Waals surface area contributed by atoms with E-state index in [0.29, 0.717) is 0 Å². The van der Waals surface area contributed by atoms with Crippen LogP contribution in [-0.2, 0) is 11.3 Å². The fourth-order valence-electron chi connectivity index (χ4n) is 2.09. The highest BCUT2D eigenvalue weighted by Crippen LogP contribution is 2.10. The van der Waals surface area contributed by atoms with Gasteiger partial charge in [0.1, 0.15) is 6.54 Å². The van der Waals surface area contributed by atoms with E-state index in [1.807, 2.05) is 0 Å². The van der Waals surface area contributed by atoms with E-state index in [1.165, 1.54) is 10.8 Å². The highest BCUT2D eigenvalue weighted by molar-refractivity contribution is 5.80. The number of nitrogens with zero attached hydrogens (tertiary/aromatic N) is 1. The topological polar surface area (TPSA) is 13.1 Å². The minimum Gasteiger partial charge on any atom is -0.376 e. The van der Waals surface area contributed by atoms with Crippen LogP contribution in [-0.4, -0.2) is 12.2 Å². The zero-order valence-electron chi connectivity index (χ0n) is 12.2. The lowest BCUT2D eigenvalue weighted by molar-refractivity contribution is -0.696. The number of aryl methyl sites for hydroxylation is 1. The highest BCUT2D eigenvalue weighted by Gasteiger charge is 2.09. The molecule has 0 spiro atoms. The van der Waals surface area contributed by atoms with Gasteiger partial charge in [0.2, 0.25) is 0 Å². The van der Waals surface area contributed by atoms with Gasteiger partial charge in [-0.1, -0.05) is 18.2 Å². The summed E-state index contributed by atoms with van der Waals surface area (Å²) in [5.41, 5.74) is -0.0178. The minimum absolute atomic E-state index is 0.0178. The smallest absolute Gasteiger partial charge is 0.176 e. The lowest BCUT2D eigenvalue weighted by Crippen LogP contribution is -2.32. The molecule has 0 N–H and O–H groups in total. The monoisotopic (exact) mass is 258 g/mol. The van der Waals surface area contributed by atoms with Crippen molar-refractivity contribution in [1.82, 2.24) is 0 Å². The maximum atomic E-state index is 5.73. The zero-order valence-corrected chi connectivity index (χ0v) is 12.2. The Kier molecular flexibility index (Phi) is 4.54. The molecule has 0 fully saturated rings. The molecular formula is C17H24NO+. The van der Waals surface area contributed by atoms with Crippen LogP contribution >= 0.6 is 0 Å². The molecule has 2 heteroatoms. The van der Waals surface area contributed by atoms with E-state index in [-0.39, 0.29) is 5.60 Å².